The molecule has 0 unspecified atom stereocenters. The molecule has 4 nitrogen and oxygen atoms in total. The molecular weight excluding hydrogens is 429 g/mol. The Hall–Kier alpha value is -2.05. The fourth-order valence-corrected chi connectivity index (χ4v) is 7.16. The molecule has 7 heteroatoms. The van der Waals surface area contributed by atoms with Crippen LogP contribution < -0.4 is 5.32 Å². The average molecular weight is 461 g/mol. The van der Waals surface area contributed by atoms with Crippen LogP contribution in [0.3, 0.4) is 0 Å². The van der Waals surface area contributed by atoms with Gasteiger partial charge < -0.3 is 10.2 Å². The summed E-state index contributed by atoms with van der Waals surface area (Å²) in [5.41, 5.74) is 0.137. The van der Waals surface area contributed by atoms with Gasteiger partial charge in [-0.3, -0.25) is 9.59 Å². The van der Waals surface area contributed by atoms with Gasteiger partial charge in [-0.15, -0.1) is 0 Å². The highest BCUT2D eigenvalue weighted by atomic mass is 19.4. The SMILES string of the molecule is O=C1CC[C@]2(C[C@H](C(=O)N3CCC4(CC3)CC(c3ccc(C5(C(F)(F)F)CC5)cc3)C4)C2)N1. The van der Waals surface area contributed by atoms with E-state index < -0.39 is 11.6 Å². The summed E-state index contributed by atoms with van der Waals surface area (Å²) in [6.07, 6.45) is 3.42. The summed E-state index contributed by atoms with van der Waals surface area (Å²) in [7, 11) is 0. The van der Waals surface area contributed by atoms with Gasteiger partial charge in [0.25, 0.3) is 0 Å². The van der Waals surface area contributed by atoms with E-state index in [2.05, 4.69) is 5.32 Å². The number of nitrogens with zero attached hydrogens (tertiary/aromatic N) is 1. The average Bonchev–Trinajstić information content (AvgIpc) is 3.47. The van der Waals surface area contributed by atoms with Crippen LogP contribution in [0, 0.1) is 11.3 Å². The number of benzene rings is 1. The minimum Gasteiger partial charge on any atom is -0.351 e. The number of nitrogens with one attached hydrogen (secondary N) is 1. The van der Waals surface area contributed by atoms with Gasteiger partial charge in [0.15, 0.2) is 0 Å². The quantitative estimate of drug-likeness (QED) is 0.703. The van der Waals surface area contributed by atoms with Gasteiger partial charge in [0.05, 0.1) is 5.41 Å². The Morgan fingerprint density at radius 1 is 0.939 bits per heavy atom. The van der Waals surface area contributed by atoms with Crippen molar-refractivity contribution in [2.75, 3.05) is 13.1 Å². The highest BCUT2D eigenvalue weighted by Crippen LogP contribution is 2.60. The van der Waals surface area contributed by atoms with Gasteiger partial charge in [-0.1, -0.05) is 24.3 Å². The largest absolute Gasteiger partial charge is 0.398 e. The molecule has 0 atom stereocenters. The zero-order valence-electron chi connectivity index (χ0n) is 18.8. The minimum absolute atomic E-state index is 0.0524. The molecule has 0 bridgehead atoms. The number of carbonyl (C=O) groups is 2. The summed E-state index contributed by atoms with van der Waals surface area (Å²) in [4.78, 5) is 26.5. The van der Waals surface area contributed by atoms with E-state index in [0.29, 0.717) is 17.9 Å². The molecule has 2 saturated heterocycles. The van der Waals surface area contributed by atoms with Crippen molar-refractivity contribution in [1.82, 2.24) is 10.2 Å². The van der Waals surface area contributed by atoms with Gasteiger partial charge in [0.2, 0.25) is 11.8 Å². The molecule has 1 N–H and O–H groups in total. The number of piperidine rings is 1. The maximum Gasteiger partial charge on any atom is 0.398 e. The Morgan fingerprint density at radius 2 is 1.58 bits per heavy atom. The Bertz CT molecular complexity index is 960. The third-order valence-electron chi connectivity index (χ3n) is 9.58. The Kier molecular flexibility index (Phi) is 4.55. The van der Waals surface area contributed by atoms with Crippen molar-refractivity contribution >= 4 is 11.8 Å². The molecule has 2 aliphatic heterocycles. The number of rotatable bonds is 3. The number of halogens is 3. The maximum atomic E-state index is 13.4. The van der Waals surface area contributed by atoms with Crippen molar-refractivity contribution in [3.8, 4) is 0 Å². The molecule has 6 rings (SSSR count). The molecule has 0 radical (unpaired) electrons. The van der Waals surface area contributed by atoms with E-state index >= 15 is 0 Å². The fraction of sp³-hybridized carbons (Fsp3) is 0.692. The highest BCUT2D eigenvalue weighted by molar-refractivity contribution is 5.83. The molecule has 5 aliphatic rings. The van der Waals surface area contributed by atoms with Gasteiger partial charge in [-0.05, 0) is 80.2 Å². The number of hydrogen-bond acceptors (Lipinski definition) is 2. The third kappa shape index (κ3) is 3.40. The summed E-state index contributed by atoms with van der Waals surface area (Å²) in [6, 6.07) is 7.21. The predicted octanol–water partition coefficient (Wildman–Crippen LogP) is 4.83. The number of carbonyl (C=O) groups excluding carboxylic acids is 2. The molecule has 3 saturated carbocycles. The lowest BCUT2D eigenvalue weighted by molar-refractivity contribution is -0.160. The standard InChI is InChI=1S/C26H31F3N2O2/c27-26(28,29)25(7-8-25)20-3-1-17(2-4-20)18-13-23(14-18)9-11-31(12-10-23)22(33)19-15-24(16-19)6-5-21(32)30-24/h1-4,18-19H,5-16H2,(H,30,32)/t19-,24+. The molecule has 2 spiro atoms. The first kappa shape index (κ1) is 21.5. The Labute approximate surface area is 192 Å². The maximum absolute atomic E-state index is 13.4. The predicted molar refractivity (Wildman–Crippen MR) is 116 cm³/mol. The topological polar surface area (TPSA) is 49.4 Å². The first-order valence-electron chi connectivity index (χ1n) is 12.4. The molecule has 0 aromatic heterocycles. The molecule has 1 aromatic carbocycles. The summed E-state index contributed by atoms with van der Waals surface area (Å²) in [5.74, 6) is 0.834. The number of likely N-dealkylation sites (tertiary alicyclic amines) is 1. The molecule has 2 amide bonds. The van der Waals surface area contributed by atoms with Crippen LogP contribution in [-0.2, 0) is 15.0 Å². The number of alkyl halides is 3. The van der Waals surface area contributed by atoms with Crippen LogP contribution in [0.1, 0.15) is 81.3 Å². The van der Waals surface area contributed by atoms with E-state index in [1.807, 2.05) is 17.0 Å². The normalized spacial score (nSPS) is 27.8. The highest BCUT2D eigenvalue weighted by Gasteiger charge is 2.64. The van der Waals surface area contributed by atoms with E-state index in [1.54, 1.807) is 12.1 Å². The van der Waals surface area contributed by atoms with Gasteiger partial charge in [-0.2, -0.15) is 13.2 Å². The van der Waals surface area contributed by atoms with Crippen molar-refractivity contribution in [1.29, 1.82) is 0 Å². The van der Waals surface area contributed by atoms with Crippen molar-refractivity contribution < 1.29 is 22.8 Å². The third-order valence-corrected chi connectivity index (χ3v) is 9.58. The van der Waals surface area contributed by atoms with Crippen LogP contribution >= 0.6 is 0 Å². The smallest absolute Gasteiger partial charge is 0.351 e. The van der Waals surface area contributed by atoms with Gasteiger partial charge >= 0.3 is 6.18 Å². The Balaban J connectivity index is 1.00. The summed E-state index contributed by atoms with van der Waals surface area (Å²) in [6.45, 7) is 1.60. The van der Waals surface area contributed by atoms with Crippen molar-refractivity contribution in [3.63, 3.8) is 0 Å². The van der Waals surface area contributed by atoms with Crippen LogP contribution in [0.4, 0.5) is 13.2 Å². The van der Waals surface area contributed by atoms with E-state index in [1.165, 1.54) is 0 Å². The molecule has 1 aromatic rings. The fourth-order valence-electron chi connectivity index (χ4n) is 7.16. The lowest BCUT2D eigenvalue weighted by Gasteiger charge is -2.53. The molecule has 5 fully saturated rings. The van der Waals surface area contributed by atoms with Gasteiger partial charge in [0, 0.05) is 31.0 Å². The van der Waals surface area contributed by atoms with E-state index in [0.717, 1.165) is 63.6 Å². The first-order valence-corrected chi connectivity index (χ1v) is 12.4. The Morgan fingerprint density at radius 3 is 2.09 bits per heavy atom. The lowest BCUT2D eigenvalue weighted by Crippen LogP contribution is -2.58. The second-order valence-electron chi connectivity index (χ2n) is 11.6. The monoisotopic (exact) mass is 460 g/mol. The zero-order valence-corrected chi connectivity index (χ0v) is 18.8. The minimum atomic E-state index is -4.16. The van der Waals surface area contributed by atoms with Crippen LogP contribution in [0.5, 0.6) is 0 Å². The van der Waals surface area contributed by atoms with E-state index in [-0.39, 0.29) is 41.5 Å². The van der Waals surface area contributed by atoms with E-state index in [9.17, 15) is 22.8 Å². The number of hydrogen-bond donors (Lipinski definition) is 1. The second-order valence-corrected chi connectivity index (χ2v) is 11.6. The summed E-state index contributed by atoms with van der Waals surface area (Å²) < 4.78 is 40.1. The second kappa shape index (κ2) is 6.98. The zero-order chi connectivity index (χ0) is 23.1. The summed E-state index contributed by atoms with van der Waals surface area (Å²) in [5, 5.41) is 3.06. The van der Waals surface area contributed by atoms with Crippen LogP contribution in [-0.4, -0.2) is 41.5 Å². The molecule has 178 valence electrons. The van der Waals surface area contributed by atoms with Crippen LogP contribution in [0.2, 0.25) is 0 Å². The number of amides is 2. The lowest BCUT2D eigenvalue weighted by atomic mass is 9.56. The van der Waals surface area contributed by atoms with Crippen molar-refractivity contribution in [2.45, 2.75) is 87.3 Å². The molecule has 2 heterocycles. The van der Waals surface area contributed by atoms with Crippen molar-refractivity contribution in [3.05, 3.63) is 35.4 Å². The van der Waals surface area contributed by atoms with Crippen molar-refractivity contribution in [2.24, 2.45) is 11.3 Å². The van der Waals surface area contributed by atoms with Gasteiger partial charge in [-0.25, -0.2) is 0 Å². The van der Waals surface area contributed by atoms with Gasteiger partial charge in [0.1, 0.15) is 0 Å². The van der Waals surface area contributed by atoms with Crippen LogP contribution in [0.25, 0.3) is 0 Å². The van der Waals surface area contributed by atoms with Crippen LogP contribution in [0.15, 0.2) is 24.3 Å². The summed E-state index contributed by atoms with van der Waals surface area (Å²) >= 11 is 0. The first-order chi connectivity index (χ1) is 15.6. The molecule has 3 aliphatic carbocycles. The molecular formula is C26H31F3N2O2. The molecule has 33 heavy (non-hydrogen) atoms. The van der Waals surface area contributed by atoms with E-state index in [4.69, 9.17) is 0 Å².